The van der Waals surface area contributed by atoms with E-state index >= 15 is 0 Å². The largest absolute Gasteiger partial charge is 0.477 e. The summed E-state index contributed by atoms with van der Waals surface area (Å²) >= 11 is 5.92. The van der Waals surface area contributed by atoms with Crippen molar-refractivity contribution in [3.05, 3.63) is 41.0 Å². The monoisotopic (exact) mass is 364 g/mol. The minimum Gasteiger partial charge on any atom is -0.477 e. The van der Waals surface area contributed by atoms with Crippen LogP contribution in [0.1, 0.15) is 37.5 Å². The number of aromatic nitrogens is 2. The Labute approximate surface area is 151 Å². The van der Waals surface area contributed by atoms with Crippen molar-refractivity contribution in [2.24, 2.45) is 0 Å². The first kappa shape index (κ1) is 17.7. The Morgan fingerprint density at radius 1 is 1.36 bits per heavy atom. The number of nitrogens with zero attached hydrogens (tertiary/aromatic N) is 2. The lowest BCUT2D eigenvalue weighted by Gasteiger charge is -2.37. The number of hydrogen-bond acceptors (Lipinski definition) is 6. The Morgan fingerprint density at radius 2 is 2.04 bits per heavy atom. The molecular weight excluding hydrogens is 344 g/mol. The minimum absolute atomic E-state index is 0.188. The van der Waals surface area contributed by atoms with Gasteiger partial charge in [0.15, 0.2) is 11.4 Å². The Kier molecular flexibility index (Phi) is 5.24. The Hall–Kier alpha value is -2.12. The summed E-state index contributed by atoms with van der Waals surface area (Å²) in [6.07, 6.45) is 1.13. The summed E-state index contributed by atoms with van der Waals surface area (Å²) in [7, 11) is 0. The molecule has 7 nitrogen and oxygen atoms in total. The van der Waals surface area contributed by atoms with E-state index < -0.39 is 11.6 Å². The molecule has 1 aromatic carbocycles. The molecule has 1 aliphatic heterocycles. The molecule has 1 atom stereocenters. The third kappa shape index (κ3) is 4.11. The van der Waals surface area contributed by atoms with Crippen molar-refractivity contribution in [3.8, 4) is 5.75 Å². The molecule has 0 unspecified atom stereocenters. The van der Waals surface area contributed by atoms with Gasteiger partial charge in [-0.25, -0.2) is 0 Å². The zero-order valence-electron chi connectivity index (χ0n) is 14.2. The molecule has 0 saturated carbocycles. The van der Waals surface area contributed by atoms with Gasteiger partial charge in [-0.05, 0) is 51.2 Å². The predicted molar refractivity (Wildman–Crippen MR) is 92.5 cm³/mol. The molecule has 0 spiro atoms. The Bertz CT molecular complexity index is 726. The topological polar surface area (TPSA) is 89.3 Å². The van der Waals surface area contributed by atoms with Crippen molar-refractivity contribution in [2.75, 3.05) is 13.1 Å². The molecule has 134 valence electrons. The third-order valence-corrected chi connectivity index (χ3v) is 4.47. The quantitative estimate of drug-likeness (QED) is 0.846. The van der Waals surface area contributed by atoms with Gasteiger partial charge in [0.1, 0.15) is 11.8 Å². The van der Waals surface area contributed by atoms with E-state index in [1.165, 1.54) is 0 Å². The van der Waals surface area contributed by atoms with Crippen molar-refractivity contribution in [2.45, 2.75) is 38.3 Å². The summed E-state index contributed by atoms with van der Waals surface area (Å²) in [6, 6.07) is 6.63. The van der Waals surface area contributed by atoms with Crippen LogP contribution in [0.5, 0.6) is 5.75 Å². The molecule has 1 amide bonds. The number of halogens is 1. The molecule has 3 rings (SSSR count). The number of carbonyl (C=O) groups is 1. The summed E-state index contributed by atoms with van der Waals surface area (Å²) in [4.78, 5) is 17.2. The van der Waals surface area contributed by atoms with Crippen molar-refractivity contribution in [1.82, 2.24) is 20.8 Å². The molecule has 0 radical (unpaired) electrons. The van der Waals surface area contributed by atoms with Crippen LogP contribution in [0.3, 0.4) is 0 Å². The average Bonchev–Trinajstić information content (AvgIpc) is 3.04. The number of carbonyl (C=O) groups excluding carboxylic acids is 1. The molecule has 1 aromatic heterocycles. The first-order valence-electron chi connectivity index (χ1n) is 8.25. The molecule has 2 heterocycles. The van der Waals surface area contributed by atoms with Crippen LogP contribution >= 0.6 is 11.6 Å². The highest BCUT2D eigenvalue weighted by atomic mass is 35.5. The standard InChI is InChI=1S/C17H21ClN4O3/c1-11(15-21-12(2)22-25-15)20-16(23)17(7-9-19-10-8-17)24-14-5-3-13(18)4-6-14/h3-6,11,19H,7-10H2,1-2H3,(H,20,23)/t11-/m1/s1. The number of hydrogen-bond donors (Lipinski definition) is 2. The number of rotatable bonds is 5. The van der Waals surface area contributed by atoms with Gasteiger partial charge >= 0.3 is 0 Å². The fourth-order valence-electron chi connectivity index (χ4n) is 2.81. The number of aryl methyl sites for hydroxylation is 1. The van der Waals surface area contributed by atoms with Gasteiger partial charge < -0.3 is 19.9 Å². The van der Waals surface area contributed by atoms with E-state index in [0.717, 1.165) is 0 Å². The van der Waals surface area contributed by atoms with Crippen molar-refractivity contribution >= 4 is 17.5 Å². The van der Waals surface area contributed by atoms with Crippen molar-refractivity contribution in [3.63, 3.8) is 0 Å². The highest BCUT2D eigenvalue weighted by Crippen LogP contribution is 2.28. The molecule has 8 heteroatoms. The lowest BCUT2D eigenvalue weighted by molar-refractivity contribution is -0.140. The van der Waals surface area contributed by atoms with Crippen LogP contribution in [-0.4, -0.2) is 34.7 Å². The lowest BCUT2D eigenvalue weighted by Crippen LogP contribution is -2.57. The molecule has 25 heavy (non-hydrogen) atoms. The lowest BCUT2D eigenvalue weighted by atomic mass is 9.90. The fraction of sp³-hybridized carbons (Fsp3) is 0.471. The van der Waals surface area contributed by atoms with Gasteiger partial charge in [-0.1, -0.05) is 16.8 Å². The number of nitrogens with one attached hydrogen (secondary N) is 2. The molecule has 2 aromatic rings. The molecular formula is C17H21ClN4O3. The van der Waals surface area contributed by atoms with Gasteiger partial charge in [-0.15, -0.1) is 0 Å². The SMILES string of the molecule is Cc1noc([C@@H](C)NC(=O)C2(Oc3ccc(Cl)cc3)CCNCC2)n1. The van der Waals surface area contributed by atoms with Crippen LogP contribution in [-0.2, 0) is 4.79 Å². The minimum atomic E-state index is -0.942. The zero-order chi connectivity index (χ0) is 17.9. The molecule has 0 aliphatic carbocycles. The Balaban J connectivity index is 1.76. The normalized spacial score (nSPS) is 17.7. The second-order valence-electron chi connectivity index (χ2n) is 6.18. The van der Waals surface area contributed by atoms with Gasteiger partial charge in [-0.2, -0.15) is 4.98 Å². The molecule has 1 aliphatic rings. The van der Waals surface area contributed by atoms with Crippen LogP contribution in [0.4, 0.5) is 0 Å². The van der Waals surface area contributed by atoms with Crippen LogP contribution in [0.25, 0.3) is 0 Å². The Morgan fingerprint density at radius 3 is 2.64 bits per heavy atom. The van der Waals surface area contributed by atoms with E-state index in [4.69, 9.17) is 20.9 Å². The number of amides is 1. The van der Waals surface area contributed by atoms with E-state index in [1.807, 2.05) is 6.92 Å². The van der Waals surface area contributed by atoms with Crippen LogP contribution in [0.15, 0.2) is 28.8 Å². The van der Waals surface area contributed by atoms with E-state index in [0.29, 0.717) is 48.4 Å². The fourth-order valence-corrected chi connectivity index (χ4v) is 2.94. The third-order valence-electron chi connectivity index (χ3n) is 4.21. The van der Waals surface area contributed by atoms with Crippen molar-refractivity contribution in [1.29, 1.82) is 0 Å². The first-order chi connectivity index (χ1) is 12.0. The maximum absolute atomic E-state index is 13.0. The maximum Gasteiger partial charge on any atom is 0.264 e. The van der Waals surface area contributed by atoms with E-state index in [9.17, 15) is 4.79 Å². The van der Waals surface area contributed by atoms with Gasteiger partial charge in [0.2, 0.25) is 5.89 Å². The summed E-state index contributed by atoms with van der Waals surface area (Å²) in [5.74, 6) is 1.33. The number of piperidine rings is 1. The van der Waals surface area contributed by atoms with Crippen LogP contribution < -0.4 is 15.4 Å². The van der Waals surface area contributed by atoms with Gasteiger partial charge in [0.25, 0.3) is 5.91 Å². The molecule has 2 N–H and O–H groups in total. The number of ether oxygens (including phenoxy) is 1. The van der Waals surface area contributed by atoms with Crippen LogP contribution in [0, 0.1) is 6.92 Å². The molecule has 1 fully saturated rings. The summed E-state index contributed by atoms with van der Waals surface area (Å²) in [5, 5.41) is 10.6. The summed E-state index contributed by atoms with van der Waals surface area (Å²) in [6.45, 7) is 4.95. The molecule has 0 bridgehead atoms. The summed E-state index contributed by atoms with van der Waals surface area (Å²) < 4.78 is 11.3. The van der Waals surface area contributed by atoms with E-state index in [2.05, 4.69) is 20.8 Å². The van der Waals surface area contributed by atoms with E-state index in [-0.39, 0.29) is 5.91 Å². The van der Waals surface area contributed by atoms with Crippen LogP contribution in [0.2, 0.25) is 5.02 Å². The molecule has 1 saturated heterocycles. The second kappa shape index (κ2) is 7.41. The highest BCUT2D eigenvalue weighted by Gasteiger charge is 2.43. The van der Waals surface area contributed by atoms with E-state index in [1.54, 1.807) is 31.2 Å². The average molecular weight is 365 g/mol. The first-order valence-corrected chi connectivity index (χ1v) is 8.63. The predicted octanol–water partition coefficient (Wildman–Crippen LogP) is 2.41. The van der Waals surface area contributed by atoms with Gasteiger partial charge in [0.05, 0.1) is 0 Å². The van der Waals surface area contributed by atoms with Gasteiger partial charge in [-0.3, -0.25) is 4.79 Å². The zero-order valence-corrected chi connectivity index (χ0v) is 15.0. The van der Waals surface area contributed by atoms with Crippen molar-refractivity contribution < 1.29 is 14.1 Å². The second-order valence-corrected chi connectivity index (χ2v) is 6.61. The highest BCUT2D eigenvalue weighted by molar-refractivity contribution is 6.30. The van der Waals surface area contributed by atoms with Gasteiger partial charge in [0, 0.05) is 17.9 Å². The maximum atomic E-state index is 13.0. The smallest absolute Gasteiger partial charge is 0.264 e. The number of benzene rings is 1. The summed E-state index contributed by atoms with van der Waals surface area (Å²) in [5.41, 5.74) is -0.942.